The topological polar surface area (TPSA) is 49.8 Å². The smallest absolute Gasteiger partial charge is 0.266 e. The van der Waals surface area contributed by atoms with Crippen LogP contribution in [-0.4, -0.2) is 22.4 Å². The van der Waals surface area contributed by atoms with Gasteiger partial charge in [0, 0.05) is 24.8 Å². The Labute approximate surface area is 83.3 Å². The van der Waals surface area contributed by atoms with Crippen LogP contribution in [0.5, 0.6) is 0 Å². The van der Waals surface area contributed by atoms with Crippen LogP contribution in [0.2, 0.25) is 0 Å². The largest absolute Gasteiger partial charge is 0.314 e. The van der Waals surface area contributed by atoms with E-state index in [2.05, 4.69) is 10.4 Å². The molecular formula is C10H17N3O. The summed E-state index contributed by atoms with van der Waals surface area (Å²) < 4.78 is 1.53. The second-order valence-electron chi connectivity index (χ2n) is 4.01. The van der Waals surface area contributed by atoms with Gasteiger partial charge in [0.15, 0.2) is 0 Å². The summed E-state index contributed by atoms with van der Waals surface area (Å²) in [5.41, 5.74) is 1.10. The normalized spacial score (nSPS) is 21.6. The minimum atomic E-state index is 0.0550. The van der Waals surface area contributed by atoms with Crippen molar-refractivity contribution in [3.63, 3.8) is 0 Å². The predicted molar refractivity (Wildman–Crippen MR) is 55.4 cm³/mol. The molecule has 2 N–H and O–H groups in total. The summed E-state index contributed by atoms with van der Waals surface area (Å²) in [4.78, 5) is 11.2. The summed E-state index contributed by atoms with van der Waals surface area (Å²) in [7, 11) is 1.75. The molecule has 0 aliphatic carbocycles. The highest BCUT2D eigenvalue weighted by molar-refractivity contribution is 5.00. The van der Waals surface area contributed by atoms with Crippen LogP contribution in [0.1, 0.15) is 25.0 Å². The molecule has 78 valence electrons. The molecule has 0 bridgehead atoms. The maximum absolute atomic E-state index is 11.2. The first-order chi connectivity index (χ1) is 6.75. The Morgan fingerprint density at radius 3 is 3.07 bits per heavy atom. The van der Waals surface area contributed by atoms with Crippen LogP contribution >= 0.6 is 0 Å². The molecule has 2 heterocycles. The molecule has 1 aliphatic rings. The number of rotatable bonds is 3. The highest BCUT2D eigenvalue weighted by atomic mass is 16.1. The number of H-pyrrole nitrogens is 1. The molecule has 1 aliphatic heterocycles. The molecule has 4 heteroatoms. The lowest BCUT2D eigenvalue weighted by Gasteiger charge is -2.07. The van der Waals surface area contributed by atoms with Gasteiger partial charge in [-0.25, -0.2) is 0 Å². The standard InChI is InChI=1S/C10H17N3O/c1-13-10(14)7-9(12-13)5-4-8-3-2-6-11-8/h7-8,11-12H,2-6H2,1H3. The Balaban J connectivity index is 1.88. The number of hydrogen-bond acceptors (Lipinski definition) is 2. The van der Waals surface area contributed by atoms with Gasteiger partial charge in [0.25, 0.3) is 5.56 Å². The quantitative estimate of drug-likeness (QED) is 0.733. The molecular weight excluding hydrogens is 178 g/mol. The van der Waals surface area contributed by atoms with E-state index in [1.807, 2.05) is 0 Å². The number of aryl methyl sites for hydroxylation is 2. The van der Waals surface area contributed by atoms with Crippen LogP contribution in [0.15, 0.2) is 10.9 Å². The molecule has 1 unspecified atom stereocenters. The Morgan fingerprint density at radius 1 is 1.64 bits per heavy atom. The summed E-state index contributed by atoms with van der Waals surface area (Å²) in [6, 6.07) is 2.34. The van der Waals surface area contributed by atoms with Crippen molar-refractivity contribution in [3.8, 4) is 0 Å². The predicted octanol–water partition coefficient (Wildman–Crippen LogP) is 0.398. The third-order valence-corrected chi connectivity index (χ3v) is 2.86. The lowest BCUT2D eigenvalue weighted by Crippen LogP contribution is -2.21. The summed E-state index contributed by atoms with van der Waals surface area (Å²) in [5.74, 6) is 0. The lowest BCUT2D eigenvalue weighted by molar-refractivity contribution is 0.552. The first kappa shape index (κ1) is 9.52. The molecule has 4 nitrogen and oxygen atoms in total. The van der Waals surface area contributed by atoms with Crippen molar-refractivity contribution >= 4 is 0 Å². The van der Waals surface area contributed by atoms with Crippen molar-refractivity contribution in [2.75, 3.05) is 6.54 Å². The minimum Gasteiger partial charge on any atom is -0.314 e. The second kappa shape index (κ2) is 4.00. The Morgan fingerprint density at radius 2 is 2.50 bits per heavy atom. The van der Waals surface area contributed by atoms with Crippen LogP contribution in [0, 0.1) is 0 Å². The zero-order valence-electron chi connectivity index (χ0n) is 8.55. The van der Waals surface area contributed by atoms with Gasteiger partial charge in [-0.3, -0.25) is 14.6 Å². The van der Waals surface area contributed by atoms with Crippen molar-refractivity contribution in [3.05, 3.63) is 22.1 Å². The van der Waals surface area contributed by atoms with Gasteiger partial charge in [-0.05, 0) is 32.2 Å². The van der Waals surface area contributed by atoms with E-state index in [4.69, 9.17) is 0 Å². The number of nitrogens with zero attached hydrogens (tertiary/aromatic N) is 1. The van der Waals surface area contributed by atoms with Gasteiger partial charge in [-0.2, -0.15) is 0 Å². The molecule has 0 spiro atoms. The van der Waals surface area contributed by atoms with Gasteiger partial charge in [-0.15, -0.1) is 0 Å². The molecule has 14 heavy (non-hydrogen) atoms. The number of hydrogen-bond donors (Lipinski definition) is 2. The molecule has 0 aromatic carbocycles. The van der Waals surface area contributed by atoms with Crippen molar-refractivity contribution < 1.29 is 0 Å². The number of aromatic nitrogens is 2. The summed E-state index contributed by atoms with van der Waals surface area (Å²) in [5, 5.41) is 6.49. The maximum atomic E-state index is 11.2. The average Bonchev–Trinajstić information content (AvgIpc) is 2.74. The Bertz CT molecular complexity index is 346. The van der Waals surface area contributed by atoms with E-state index in [9.17, 15) is 4.79 Å². The molecule has 1 fully saturated rings. The van der Waals surface area contributed by atoms with Gasteiger partial charge in [-0.1, -0.05) is 0 Å². The Kier molecular flexibility index (Phi) is 2.72. The molecule has 1 aromatic rings. The number of aromatic amines is 1. The molecule has 0 saturated carbocycles. The molecule has 1 aromatic heterocycles. The van der Waals surface area contributed by atoms with Gasteiger partial charge < -0.3 is 5.32 Å². The highest BCUT2D eigenvalue weighted by Crippen LogP contribution is 2.10. The first-order valence-corrected chi connectivity index (χ1v) is 5.24. The third kappa shape index (κ3) is 2.07. The van der Waals surface area contributed by atoms with E-state index in [-0.39, 0.29) is 5.56 Å². The number of nitrogens with one attached hydrogen (secondary N) is 2. The fourth-order valence-electron chi connectivity index (χ4n) is 2.01. The van der Waals surface area contributed by atoms with Crippen molar-refractivity contribution in [2.24, 2.45) is 7.05 Å². The zero-order valence-corrected chi connectivity index (χ0v) is 8.55. The zero-order chi connectivity index (χ0) is 9.97. The van der Waals surface area contributed by atoms with Crippen molar-refractivity contribution in [1.82, 2.24) is 15.1 Å². The van der Waals surface area contributed by atoms with E-state index in [1.54, 1.807) is 13.1 Å². The highest BCUT2D eigenvalue weighted by Gasteiger charge is 2.13. The maximum Gasteiger partial charge on any atom is 0.266 e. The summed E-state index contributed by atoms with van der Waals surface area (Å²) >= 11 is 0. The van der Waals surface area contributed by atoms with Crippen LogP contribution in [0.3, 0.4) is 0 Å². The molecule has 2 rings (SSSR count). The van der Waals surface area contributed by atoms with Crippen molar-refractivity contribution in [1.29, 1.82) is 0 Å². The van der Waals surface area contributed by atoms with E-state index in [0.29, 0.717) is 6.04 Å². The fourth-order valence-corrected chi connectivity index (χ4v) is 2.01. The van der Waals surface area contributed by atoms with Crippen LogP contribution in [-0.2, 0) is 13.5 Å². The average molecular weight is 195 g/mol. The molecule has 0 amide bonds. The van der Waals surface area contributed by atoms with Gasteiger partial charge in [0.1, 0.15) is 0 Å². The summed E-state index contributed by atoms with van der Waals surface area (Å²) in [6.45, 7) is 1.15. The summed E-state index contributed by atoms with van der Waals surface area (Å²) in [6.07, 6.45) is 4.65. The van der Waals surface area contributed by atoms with Crippen LogP contribution < -0.4 is 10.9 Å². The molecule has 1 saturated heterocycles. The van der Waals surface area contributed by atoms with E-state index < -0.39 is 0 Å². The second-order valence-corrected chi connectivity index (χ2v) is 4.01. The van der Waals surface area contributed by atoms with Crippen molar-refractivity contribution in [2.45, 2.75) is 31.7 Å². The monoisotopic (exact) mass is 195 g/mol. The van der Waals surface area contributed by atoms with Crippen LogP contribution in [0.25, 0.3) is 0 Å². The van der Waals surface area contributed by atoms with E-state index >= 15 is 0 Å². The minimum absolute atomic E-state index is 0.0550. The Hall–Kier alpha value is -1.03. The van der Waals surface area contributed by atoms with Crippen LogP contribution in [0.4, 0.5) is 0 Å². The fraction of sp³-hybridized carbons (Fsp3) is 0.700. The third-order valence-electron chi connectivity index (χ3n) is 2.86. The van der Waals surface area contributed by atoms with Gasteiger partial charge in [0.05, 0.1) is 0 Å². The van der Waals surface area contributed by atoms with E-state index in [1.165, 1.54) is 17.5 Å². The molecule has 0 radical (unpaired) electrons. The van der Waals surface area contributed by atoms with E-state index in [0.717, 1.165) is 25.1 Å². The van der Waals surface area contributed by atoms with Gasteiger partial charge in [0.2, 0.25) is 0 Å². The lowest BCUT2D eigenvalue weighted by atomic mass is 10.1. The first-order valence-electron chi connectivity index (χ1n) is 5.24. The SMILES string of the molecule is Cn1[nH]c(CCC2CCCN2)cc1=O. The molecule has 1 atom stereocenters. The van der Waals surface area contributed by atoms with Gasteiger partial charge >= 0.3 is 0 Å².